The van der Waals surface area contributed by atoms with Crippen LogP contribution in [-0.2, 0) is 5.41 Å². The summed E-state index contributed by atoms with van der Waals surface area (Å²) >= 11 is 0. The van der Waals surface area contributed by atoms with Crippen LogP contribution in [0.1, 0.15) is 22.3 Å². The zero-order valence-corrected chi connectivity index (χ0v) is 23.7. The van der Waals surface area contributed by atoms with Gasteiger partial charge in [0.2, 0.25) is 0 Å². The van der Waals surface area contributed by atoms with Crippen molar-refractivity contribution in [2.45, 2.75) is 5.41 Å². The maximum absolute atomic E-state index is 6.68. The topological polar surface area (TPSA) is 47.9 Å². The Kier molecular flexibility index (Phi) is 5.38. The molecule has 0 fully saturated rings. The Hall–Kier alpha value is -5.87. The molecule has 7 aromatic rings. The van der Waals surface area contributed by atoms with E-state index in [2.05, 4.69) is 95.1 Å². The molecule has 3 heterocycles. The maximum Gasteiger partial charge on any atom is 0.132 e. The molecule has 0 N–H and O–H groups in total. The molecule has 0 unspecified atom stereocenters. The highest BCUT2D eigenvalue weighted by molar-refractivity contribution is 5.88. The molecule has 0 bridgehead atoms. The predicted octanol–water partition coefficient (Wildman–Crippen LogP) is 9.34. The number of hydrogen-bond donors (Lipinski definition) is 0. The normalized spacial score (nSPS) is 13.4. The van der Waals surface area contributed by atoms with E-state index in [1.165, 1.54) is 22.3 Å². The van der Waals surface area contributed by atoms with Gasteiger partial charge in [0.05, 0.1) is 22.5 Å². The summed E-state index contributed by atoms with van der Waals surface area (Å²) in [6.45, 7) is 0. The fraction of sp³-hybridized carbons (Fsp3) is 0.0250. The smallest absolute Gasteiger partial charge is 0.132 e. The monoisotopic (exact) mass is 563 g/mol. The first-order valence-corrected chi connectivity index (χ1v) is 14.8. The Balaban J connectivity index is 1.17. The van der Waals surface area contributed by atoms with E-state index in [9.17, 15) is 0 Å². The van der Waals surface area contributed by atoms with E-state index >= 15 is 0 Å². The van der Waals surface area contributed by atoms with Gasteiger partial charge >= 0.3 is 0 Å². The maximum atomic E-state index is 6.68. The van der Waals surface area contributed by atoms with Crippen LogP contribution in [0.4, 0.5) is 0 Å². The summed E-state index contributed by atoms with van der Waals surface area (Å²) in [6.07, 6.45) is 0. The van der Waals surface area contributed by atoms with Crippen LogP contribution in [0.2, 0.25) is 0 Å². The summed E-state index contributed by atoms with van der Waals surface area (Å²) in [5.41, 5.74) is 12.1. The van der Waals surface area contributed by atoms with Crippen molar-refractivity contribution >= 4 is 0 Å². The fourth-order valence-electron chi connectivity index (χ4n) is 6.99. The van der Waals surface area contributed by atoms with Crippen molar-refractivity contribution in [2.24, 2.45) is 0 Å². The highest BCUT2D eigenvalue weighted by Gasteiger charge is 2.50. The number of ether oxygens (including phenoxy) is 1. The number of hydrogen-bond acceptors (Lipinski definition) is 4. The summed E-state index contributed by atoms with van der Waals surface area (Å²) in [6, 6.07) is 52.6. The van der Waals surface area contributed by atoms with Crippen LogP contribution in [0.15, 0.2) is 152 Å². The lowest BCUT2D eigenvalue weighted by Gasteiger charge is -2.39. The summed E-state index contributed by atoms with van der Waals surface area (Å²) in [4.78, 5) is 5.01. The molecule has 4 nitrogen and oxygen atoms in total. The molecule has 2 aromatic heterocycles. The SMILES string of the molecule is c1ccc(-c2ccc(-c3cccc(-c4ccc5c(c4)Oc4ccccc4C54c5ccccc5-c5ccccc54)n3)nn2)cc1. The van der Waals surface area contributed by atoms with Crippen molar-refractivity contribution in [3.8, 4) is 56.5 Å². The Morgan fingerprint density at radius 3 is 1.75 bits per heavy atom. The summed E-state index contributed by atoms with van der Waals surface area (Å²) < 4.78 is 6.68. The molecule has 1 spiro atoms. The number of aromatic nitrogens is 3. The second-order valence-electron chi connectivity index (χ2n) is 11.2. The molecule has 0 saturated carbocycles. The molecule has 5 aromatic carbocycles. The minimum absolute atomic E-state index is 0.471. The summed E-state index contributed by atoms with van der Waals surface area (Å²) in [5, 5.41) is 8.98. The minimum atomic E-state index is -0.471. The second-order valence-corrected chi connectivity index (χ2v) is 11.2. The molecule has 1 aliphatic carbocycles. The first-order valence-electron chi connectivity index (χ1n) is 14.8. The van der Waals surface area contributed by atoms with Crippen molar-refractivity contribution in [1.29, 1.82) is 0 Å². The highest BCUT2D eigenvalue weighted by atomic mass is 16.5. The van der Waals surface area contributed by atoms with E-state index in [1.807, 2.05) is 66.7 Å². The molecule has 206 valence electrons. The van der Waals surface area contributed by atoms with Crippen molar-refractivity contribution in [2.75, 3.05) is 0 Å². The van der Waals surface area contributed by atoms with Crippen molar-refractivity contribution in [3.05, 3.63) is 174 Å². The number of pyridine rings is 1. The lowest BCUT2D eigenvalue weighted by molar-refractivity contribution is 0.436. The van der Waals surface area contributed by atoms with Crippen LogP contribution >= 0.6 is 0 Å². The van der Waals surface area contributed by atoms with Gasteiger partial charge in [0.15, 0.2) is 0 Å². The Morgan fingerprint density at radius 1 is 0.386 bits per heavy atom. The van der Waals surface area contributed by atoms with Crippen LogP contribution in [0, 0.1) is 0 Å². The average Bonchev–Trinajstić information content (AvgIpc) is 3.39. The summed E-state index contributed by atoms with van der Waals surface area (Å²) in [5.74, 6) is 1.71. The molecule has 1 aliphatic heterocycles. The van der Waals surface area contributed by atoms with Gasteiger partial charge in [-0.2, -0.15) is 0 Å². The van der Waals surface area contributed by atoms with Gasteiger partial charge in [-0.25, -0.2) is 4.98 Å². The third-order valence-corrected chi connectivity index (χ3v) is 8.89. The van der Waals surface area contributed by atoms with Gasteiger partial charge in [-0.05, 0) is 58.7 Å². The van der Waals surface area contributed by atoms with Crippen LogP contribution in [-0.4, -0.2) is 15.2 Å². The number of nitrogens with zero attached hydrogens (tertiary/aromatic N) is 3. The lowest BCUT2D eigenvalue weighted by Crippen LogP contribution is -2.32. The molecule has 9 rings (SSSR count). The Morgan fingerprint density at radius 2 is 1.00 bits per heavy atom. The first kappa shape index (κ1) is 24.7. The third-order valence-electron chi connectivity index (χ3n) is 8.89. The Labute approximate surface area is 255 Å². The molecule has 4 heteroatoms. The number of para-hydroxylation sites is 1. The first-order chi connectivity index (χ1) is 21.8. The van der Waals surface area contributed by atoms with E-state index in [0.29, 0.717) is 0 Å². The van der Waals surface area contributed by atoms with Gasteiger partial charge in [-0.3, -0.25) is 0 Å². The molecular weight excluding hydrogens is 538 g/mol. The largest absolute Gasteiger partial charge is 0.457 e. The standard InChI is InChI=1S/C40H25N3O/c1-2-11-26(12-3-1)35-23-24-37(43-42-35)36-19-10-18-34(41-36)27-21-22-33-39(25-27)44-38-20-9-8-17-32(38)40(33)30-15-6-4-13-28(30)29-14-5-7-16-31(29)40/h1-25H. The molecule has 2 aliphatic rings. The van der Waals surface area contributed by atoms with E-state index in [1.54, 1.807) is 0 Å². The number of fused-ring (bicyclic) bond motifs is 9. The Bertz CT molecular complexity index is 2160. The second kappa shape index (κ2) is 9.58. The molecule has 44 heavy (non-hydrogen) atoms. The number of benzene rings is 5. The minimum Gasteiger partial charge on any atom is -0.457 e. The number of rotatable bonds is 3. The average molecular weight is 564 g/mol. The van der Waals surface area contributed by atoms with E-state index in [0.717, 1.165) is 56.5 Å². The van der Waals surface area contributed by atoms with Crippen LogP contribution in [0.5, 0.6) is 11.5 Å². The molecular formula is C40H25N3O. The van der Waals surface area contributed by atoms with Gasteiger partial charge < -0.3 is 4.74 Å². The van der Waals surface area contributed by atoms with E-state index < -0.39 is 5.41 Å². The summed E-state index contributed by atoms with van der Waals surface area (Å²) in [7, 11) is 0. The van der Waals surface area contributed by atoms with Crippen LogP contribution in [0.3, 0.4) is 0 Å². The van der Waals surface area contributed by atoms with Gasteiger partial charge in [-0.1, -0.05) is 115 Å². The zero-order chi connectivity index (χ0) is 29.1. The molecule has 0 saturated heterocycles. The molecule has 0 atom stereocenters. The predicted molar refractivity (Wildman–Crippen MR) is 174 cm³/mol. The third kappa shape index (κ3) is 3.55. The van der Waals surface area contributed by atoms with Crippen LogP contribution in [0.25, 0.3) is 45.0 Å². The van der Waals surface area contributed by atoms with Gasteiger partial charge in [0.25, 0.3) is 0 Å². The van der Waals surface area contributed by atoms with E-state index in [-0.39, 0.29) is 0 Å². The quantitative estimate of drug-likeness (QED) is 0.215. The highest BCUT2D eigenvalue weighted by Crippen LogP contribution is 2.62. The van der Waals surface area contributed by atoms with Crippen molar-refractivity contribution in [1.82, 2.24) is 15.2 Å². The van der Waals surface area contributed by atoms with E-state index in [4.69, 9.17) is 9.72 Å². The molecule has 0 amide bonds. The van der Waals surface area contributed by atoms with Crippen molar-refractivity contribution < 1.29 is 4.74 Å². The fourth-order valence-corrected chi connectivity index (χ4v) is 6.99. The van der Waals surface area contributed by atoms with Gasteiger partial charge in [-0.15, -0.1) is 10.2 Å². The van der Waals surface area contributed by atoms with Crippen LogP contribution < -0.4 is 4.74 Å². The lowest BCUT2D eigenvalue weighted by atomic mass is 9.66. The van der Waals surface area contributed by atoms with Gasteiger partial charge in [0, 0.05) is 22.3 Å². The van der Waals surface area contributed by atoms with Crippen molar-refractivity contribution in [3.63, 3.8) is 0 Å². The molecule has 0 radical (unpaired) electrons. The van der Waals surface area contributed by atoms with Gasteiger partial charge in [0.1, 0.15) is 17.2 Å². The zero-order valence-electron chi connectivity index (χ0n) is 23.7.